The van der Waals surface area contributed by atoms with Gasteiger partial charge in [0.2, 0.25) is 5.91 Å². The Kier molecular flexibility index (Phi) is 6.59. The van der Waals surface area contributed by atoms with Crippen molar-refractivity contribution in [3.63, 3.8) is 0 Å². The number of nitrogens with zero attached hydrogens (tertiary/aromatic N) is 2. The van der Waals surface area contributed by atoms with Gasteiger partial charge >= 0.3 is 5.97 Å². The topological polar surface area (TPSA) is 77.9 Å². The summed E-state index contributed by atoms with van der Waals surface area (Å²) in [4.78, 5) is 40.0. The van der Waals surface area contributed by atoms with Crippen LogP contribution >= 0.6 is 0 Å². The van der Waals surface area contributed by atoms with Crippen molar-refractivity contribution >= 4 is 17.8 Å². The number of rotatable bonds is 6. The van der Waals surface area contributed by atoms with Crippen LogP contribution in [0, 0.1) is 11.7 Å². The molecule has 1 aliphatic heterocycles. The van der Waals surface area contributed by atoms with Crippen molar-refractivity contribution < 1.29 is 23.9 Å². The van der Waals surface area contributed by atoms with Gasteiger partial charge < -0.3 is 14.9 Å². The Hall–Kier alpha value is -3.22. The van der Waals surface area contributed by atoms with E-state index >= 15 is 0 Å². The Morgan fingerprint density at radius 3 is 2.41 bits per heavy atom. The van der Waals surface area contributed by atoms with Crippen LogP contribution in [0.1, 0.15) is 28.8 Å². The molecule has 0 saturated carbocycles. The van der Waals surface area contributed by atoms with E-state index in [-0.39, 0.29) is 24.9 Å². The minimum absolute atomic E-state index is 0.203. The van der Waals surface area contributed by atoms with Crippen molar-refractivity contribution in [2.75, 3.05) is 19.6 Å². The number of piperidine rings is 1. The summed E-state index contributed by atoms with van der Waals surface area (Å²) in [6.45, 7) is 0.544. The first kappa shape index (κ1) is 20.5. The number of hydrogen-bond acceptors (Lipinski definition) is 3. The van der Waals surface area contributed by atoms with Gasteiger partial charge in [0.15, 0.2) is 0 Å². The van der Waals surface area contributed by atoms with Crippen LogP contribution in [0.25, 0.3) is 0 Å². The Labute approximate surface area is 168 Å². The van der Waals surface area contributed by atoms with Gasteiger partial charge in [-0.15, -0.1) is 0 Å². The molecule has 152 valence electrons. The van der Waals surface area contributed by atoms with Crippen molar-refractivity contribution in [1.82, 2.24) is 9.80 Å². The van der Waals surface area contributed by atoms with Gasteiger partial charge in [-0.3, -0.25) is 14.4 Å². The summed E-state index contributed by atoms with van der Waals surface area (Å²) in [5, 5.41) is 9.23. The number of aliphatic carboxylic acids is 1. The highest BCUT2D eigenvalue weighted by molar-refractivity contribution is 5.94. The van der Waals surface area contributed by atoms with Crippen molar-refractivity contribution in [3.8, 4) is 0 Å². The quantitative estimate of drug-likeness (QED) is 0.812. The Balaban J connectivity index is 1.71. The van der Waals surface area contributed by atoms with E-state index in [1.54, 1.807) is 4.90 Å². The maximum atomic E-state index is 13.1. The molecule has 2 aromatic carbocycles. The van der Waals surface area contributed by atoms with Crippen LogP contribution in [0.3, 0.4) is 0 Å². The summed E-state index contributed by atoms with van der Waals surface area (Å²) in [7, 11) is 0. The molecule has 0 aromatic heterocycles. The molecular formula is C22H23FN2O4. The first-order valence-corrected chi connectivity index (χ1v) is 9.53. The van der Waals surface area contributed by atoms with E-state index < -0.39 is 24.2 Å². The molecule has 2 amide bonds. The highest BCUT2D eigenvalue weighted by Crippen LogP contribution is 2.22. The number of hydrogen-bond donors (Lipinski definition) is 1. The van der Waals surface area contributed by atoms with Crippen LogP contribution in [0.2, 0.25) is 0 Å². The number of likely N-dealkylation sites (tertiary alicyclic amines) is 1. The van der Waals surface area contributed by atoms with Crippen molar-refractivity contribution in [2.24, 2.45) is 5.92 Å². The maximum absolute atomic E-state index is 13.1. The number of carbonyl (C=O) groups excluding carboxylic acids is 2. The van der Waals surface area contributed by atoms with E-state index in [2.05, 4.69) is 0 Å². The zero-order chi connectivity index (χ0) is 20.8. The number of amides is 2. The largest absolute Gasteiger partial charge is 0.480 e. The molecule has 6 nitrogen and oxygen atoms in total. The number of carbonyl (C=O) groups is 3. The molecule has 1 unspecified atom stereocenters. The van der Waals surface area contributed by atoms with Gasteiger partial charge in [-0.2, -0.15) is 0 Å². The normalized spacial score (nSPS) is 16.3. The third kappa shape index (κ3) is 5.40. The Morgan fingerprint density at radius 2 is 1.76 bits per heavy atom. The third-order valence-corrected chi connectivity index (χ3v) is 5.00. The monoisotopic (exact) mass is 398 g/mol. The first-order chi connectivity index (χ1) is 13.9. The van der Waals surface area contributed by atoms with E-state index in [1.165, 1.54) is 29.2 Å². The standard InChI is InChI=1S/C22H23FN2O4/c23-19-10-8-17(9-11-19)21(28)24-12-4-7-18(14-24)22(29)25(15-20(26)27)13-16-5-2-1-3-6-16/h1-3,5-6,8-11,18H,4,7,12-15H2,(H,26,27). The second kappa shape index (κ2) is 9.32. The molecule has 0 radical (unpaired) electrons. The average Bonchev–Trinajstić information content (AvgIpc) is 2.73. The number of carboxylic acids is 1. The third-order valence-electron chi connectivity index (χ3n) is 5.00. The SMILES string of the molecule is O=C(O)CN(Cc1ccccc1)C(=O)C1CCCN(C(=O)c2ccc(F)cc2)C1. The van der Waals surface area contributed by atoms with Crippen molar-refractivity contribution in [2.45, 2.75) is 19.4 Å². The molecule has 1 fully saturated rings. The van der Waals surface area contributed by atoms with Crippen LogP contribution in [-0.4, -0.2) is 52.3 Å². The fraction of sp³-hybridized carbons (Fsp3) is 0.318. The minimum Gasteiger partial charge on any atom is -0.480 e. The molecule has 1 N–H and O–H groups in total. The smallest absolute Gasteiger partial charge is 0.323 e. The second-order valence-electron chi connectivity index (χ2n) is 7.17. The molecule has 0 bridgehead atoms. The molecule has 1 saturated heterocycles. The summed E-state index contributed by atoms with van der Waals surface area (Å²) in [6.07, 6.45) is 1.24. The van der Waals surface area contributed by atoms with E-state index in [9.17, 15) is 23.9 Å². The van der Waals surface area contributed by atoms with Gasteiger partial charge in [-0.1, -0.05) is 30.3 Å². The van der Waals surface area contributed by atoms with Crippen LogP contribution in [0.15, 0.2) is 54.6 Å². The fourth-order valence-corrected chi connectivity index (χ4v) is 3.58. The highest BCUT2D eigenvalue weighted by atomic mass is 19.1. The molecular weight excluding hydrogens is 375 g/mol. The number of halogens is 1. The minimum atomic E-state index is -1.08. The molecule has 0 aliphatic carbocycles. The predicted molar refractivity (Wildman–Crippen MR) is 105 cm³/mol. The van der Waals surface area contributed by atoms with Crippen LogP contribution in [-0.2, 0) is 16.1 Å². The molecule has 1 aliphatic rings. The average molecular weight is 398 g/mol. The van der Waals surface area contributed by atoms with E-state index in [0.717, 1.165) is 5.56 Å². The summed E-state index contributed by atoms with van der Waals surface area (Å²) < 4.78 is 13.1. The zero-order valence-electron chi connectivity index (χ0n) is 16.0. The van der Waals surface area contributed by atoms with Gasteiger partial charge in [0.25, 0.3) is 5.91 Å². The van der Waals surface area contributed by atoms with E-state index in [4.69, 9.17) is 0 Å². The summed E-state index contributed by atoms with van der Waals surface area (Å²) in [5.41, 5.74) is 1.21. The molecule has 1 atom stereocenters. The predicted octanol–water partition coefficient (Wildman–Crippen LogP) is 2.79. The fourth-order valence-electron chi connectivity index (χ4n) is 3.58. The van der Waals surface area contributed by atoms with Gasteiger partial charge in [0.05, 0.1) is 5.92 Å². The lowest BCUT2D eigenvalue weighted by atomic mass is 9.95. The molecule has 0 spiro atoms. The highest BCUT2D eigenvalue weighted by Gasteiger charge is 2.32. The van der Waals surface area contributed by atoms with E-state index in [0.29, 0.717) is 24.9 Å². The molecule has 7 heteroatoms. The van der Waals surface area contributed by atoms with Gasteiger partial charge in [0, 0.05) is 25.2 Å². The molecule has 29 heavy (non-hydrogen) atoms. The Morgan fingerprint density at radius 1 is 1.07 bits per heavy atom. The van der Waals surface area contributed by atoms with Crippen LogP contribution < -0.4 is 0 Å². The Bertz CT molecular complexity index is 870. The van der Waals surface area contributed by atoms with Gasteiger partial charge in [-0.05, 0) is 42.7 Å². The molecule has 2 aromatic rings. The zero-order valence-corrected chi connectivity index (χ0v) is 16.0. The lowest BCUT2D eigenvalue weighted by Gasteiger charge is -2.34. The second-order valence-corrected chi connectivity index (χ2v) is 7.17. The maximum Gasteiger partial charge on any atom is 0.323 e. The van der Waals surface area contributed by atoms with Crippen molar-refractivity contribution in [3.05, 3.63) is 71.5 Å². The molecule has 3 rings (SSSR count). The number of benzene rings is 2. The van der Waals surface area contributed by atoms with Crippen LogP contribution in [0.5, 0.6) is 0 Å². The summed E-state index contributed by atoms with van der Waals surface area (Å²) in [6, 6.07) is 14.5. The lowest BCUT2D eigenvalue weighted by molar-refractivity contribution is -0.147. The summed E-state index contributed by atoms with van der Waals surface area (Å²) in [5.74, 6) is -2.48. The summed E-state index contributed by atoms with van der Waals surface area (Å²) >= 11 is 0. The first-order valence-electron chi connectivity index (χ1n) is 9.53. The van der Waals surface area contributed by atoms with Crippen LogP contribution in [0.4, 0.5) is 4.39 Å². The van der Waals surface area contributed by atoms with Gasteiger partial charge in [-0.25, -0.2) is 4.39 Å². The number of carboxylic acid groups (broad SMARTS) is 1. The van der Waals surface area contributed by atoms with Crippen molar-refractivity contribution in [1.29, 1.82) is 0 Å². The van der Waals surface area contributed by atoms with E-state index in [1.807, 2.05) is 30.3 Å². The lowest BCUT2D eigenvalue weighted by Crippen LogP contribution is -2.47. The van der Waals surface area contributed by atoms with Gasteiger partial charge in [0.1, 0.15) is 12.4 Å². The molecule has 1 heterocycles.